The van der Waals surface area contributed by atoms with E-state index in [2.05, 4.69) is 22.7 Å². The van der Waals surface area contributed by atoms with E-state index >= 15 is 0 Å². The van der Waals surface area contributed by atoms with E-state index < -0.39 is 0 Å². The van der Waals surface area contributed by atoms with Gasteiger partial charge in [0.15, 0.2) is 0 Å². The number of carbonyl (C=O) groups excluding carboxylic acids is 1. The number of nitrogens with one attached hydrogen (secondary N) is 1. The summed E-state index contributed by atoms with van der Waals surface area (Å²) in [6.45, 7) is 5.62. The Kier molecular flexibility index (Phi) is 4.93. The minimum Gasteiger partial charge on any atom is -0.466 e. The summed E-state index contributed by atoms with van der Waals surface area (Å²) in [5.41, 5.74) is 5.27. The molecule has 0 aliphatic rings. The van der Waals surface area contributed by atoms with Crippen molar-refractivity contribution in [3.8, 4) is 0 Å². The van der Waals surface area contributed by atoms with Gasteiger partial charge in [0, 0.05) is 12.1 Å². The number of rotatable bonds is 5. The van der Waals surface area contributed by atoms with Crippen LogP contribution in [0.25, 0.3) is 0 Å². The highest BCUT2D eigenvalue weighted by Crippen LogP contribution is 2.13. The highest BCUT2D eigenvalue weighted by atomic mass is 16.3. The maximum atomic E-state index is 12.1. The number of hydrogen-bond donors (Lipinski definition) is 1. The van der Waals surface area contributed by atoms with Gasteiger partial charge in [0.1, 0.15) is 11.5 Å². The van der Waals surface area contributed by atoms with Crippen molar-refractivity contribution in [1.82, 2.24) is 5.43 Å². The average molecular weight is 284 g/mol. The molecule has 0 aliphatic carbocycles. The zero-order valence-electron chi connectivity index (χ0n) is 12.6. The molecule has 0 radical (unpaired) electrons. The Morgan fingerprint density at radius 2 is 1.95 bits per heavy atom. The van der Waals surface area contributed by atoms with Crippen molar-refractivity contribution in [3.63, 3.8) is 0 Å². The largest absolute Gasteiger partial charge is 0.466 e. The third kappa shape index (κ3) is 4.05. The van der Waals surface area contributed by atoms with Gasteiger partial charge in [0.25, 0.3) is 5.91 Å². The van der Waals surface area contributed by atoms with Gasteiger partial charge in [-0.1, -0.05) is 37.3 Å². The first-order chi connectivity index (χ1) is 10.1. The van der Waals surface area contributed by atoms with Crippen LogP contribution in [0, 0.1) is 13.8 Å². The highest BCUT2D eigenvalue weighted by molar-refractivity contribution is 5.96. The molecule has 1 aromatic heterocycles. The molecular weight excluding hydrogens is 264 g/mol. The standard InChI is InChI=1S/C17H20N2O2/c1-4-15(11-14-8-6-5-7-9-14)18-19-17(20)16-10-12(2)21-13(16)3/h5-10H,4,11H2,1-3H3,(H,19,20)/b18-15-. The molecular formula is C17H20N2O2. The van der Waals surface area contributed by atoms with Crippen molar-refractivity contribution in [3.05, 3.63) is 59.0 Å². The first kappa shape index (κ1) is 15.0. The maximum absolute atomic E-state index is 12.1. The SMILES string of the molecule is CC/C(Cc1ccccc1)=N/NC(=O)c1cc(C)oc1C. The molecule has 1 amide bonds. The fraction of sp³-hybridized carbons (Fsp3) is 0.294. The van der Waals surface area contributed by atoms with E-state index in [0.717, 1.165) is 24.3 Å². The van der Waals surface area contributed by atoms with E-state index in [4.69, 9.17) is 4.42 Å². The van der Waals surface area contributed by atoms with Gasteiger partial charge in [0.05, 0.1) is 5.56 Å². The topological polar surface area (TPSA) is 54.6 Å². The molecule has 4 heteroatoms. The number of nitrogens with zero attached hydrogens (tertiary/aromatic N) is 1. The third-order valence-corrected chi connectivity index (χ3v) is 3.26. The fourth-order valence-electron chi connectivity index (χ4n) is 2.12. The van der Waals surface area contributed by atoms with Crippen molar-refractivity contribution >= 4 is 11.6 Å². The molecule has 0 saturated carbocycles. The summed E-state index contributed by atoms with van der Waals surface area (Å²) in [5, 5.41) is 4.24. The molecule has 0 aliphatic heterocycles. The normalized spacial score (nSPS) is 11.5. The summed E-state index contributed by atoms with van der Waals surface area (Å²) in [6, 6.07) is 11.8. The Morgan fingerprint density at radius 3 is 2.52 bits per heavy atom. The molecule has 1 aromatic carbocycles. The second kappa shape index (κ2) is 6.88. The molecule has 2 rings (SSSR count). The van der Waals surface area contributed by atoms with Crippen LogP contribution in [0.3, 0.4) is 0 Å². The van der Waals surface area contributed by atoms with Crippen molar-refractivity contribution < 1.29 is 9.21 Å². The van der Waals surface area contributed by atoms with Crippen molar-refractivity contribution in [2.45, 2.75) is 33.6 Å². The minimum atomic E-state index is -0.233. The number of carbonyl (C=O) groups is 1. The molecule has 2 aromatic rings. The van der Waals surface area contributed by atoms with Crippen molar-refractivity contribution in [1.29, 1.82) is 0 Å². The van der Waals surface area contributed by atoms with E-state index in [1.54, 1.807) is 13.0 Å². The molecule has 0 spiro atoms. The lowest BCUT2D eigenvalue weighted by molar-refractivity contribution is 0.0953. The van der Waals surface area contributed by atoms with Crippen molar-refractivity contribution in [2.75, 3.05) is 0 Å². The molecule has 0 unspecified atom stereocenters. The van der Waals surface area contributed by atoms with Crippen molar-refractivity contribution in [2.24, 2.45) is 5.10 Å². The number of aryl methyl sites for hydroxylation is 2. The Hall–Kier alpha value is -2.36. The number of furan rings is 1. The van der Waals surface area contributed by atoms with E-state index in [1.165, 1.54) is 5.56 Å². The molecule has 110 valence electrons. The van der Waals surface area contributed by atoms with Crippen LogP contribution >= 0.6 is 0 Å². The first-order valence-electron chi connectivity index (χ1n) is 7.07. The van der Waals surface area contributed by atoms with E-state index in [1.807, 2.05) is 32.0 Å². The zero-order valence-corrected chi connectivity index (χ0v) is 12.6. The highest BCUT2D eigenvalue weighted by Gasteiger charge is 2.13. The van der Waals surface area contributed by atoms with Gasteiger partial charge in [-0.25, -0.2) is 5.43 Å². The quantitative estimate of drug-likeness (QED) is 0.673. The van der Waals surface area contributed by atoms with Gasteiger partial charge < -0.3 is 4.42 Å². The summed E-state index contributed by atoms with van der Waals surface area (Å²) >= 11 is 0. The molecule has 4 nitrogen and oxygen atoms in total. The van der Waals surface area contributed by atoms with E-state index in [9.17, 15) is 4.79 Å². The third-order valence-electron chi connectivity index (χ3n) is 3.26. The number of hydrazone groups is 1. The molecule has 0 atom stereocenters. The van der Waals surface area contributed by atoms with E-state index in [0.29, 0.717) is 11.3 Å². The lowest BCUT2D eigenvalue weighted by atomic mass is 10.1. The van der Waals surface area contributed by atoms with Gasteiger partial charge in [-0.2, -0.15) is 5.10 Å². The Labute approximate surface area is 124 Å². The zero-order chi connectivity index (χ0) is 15.2. The summed E-state index contributed by atoms with van der Waals surface area (Å²) in [5.74, 6) is 1.10. The van der Waals surface area contributed by atoms with Crippen LogP contribution in [0.1, 0.15) is 40.8 Å². The van der Waals surface area contributed by atoms with Gasteiger partial charge >= 0.3 is 0 Å². The minimum absolute atomic E-state index is 0.233. The van der Waals surface area contributed by atoms with Crippen LogP contribution in [-0.2, 0) is 6.42 Å². The van der Waals surface area contributed by atoms with Crippen LogP contribution in [0.15, 0.2) is 45.9 Å². The van der Waals surface area contributed by atoms with Gasteiger partial charge in [-0.05, 0) is 31.9 Å². The molecule has 0 fully saturated rings. The first-order valence-corrected chi connectivity index (χ1v) is 7.07. The predicted molar refractivity (Wildman–Crippen MR) is 83.5 cm³/mol. The summed E-state index contributed by atoms with van der Waals surface area (Å²) in [7, 11) is 0. The maximum Gasteiger partial charge on any atom is 0.274 e. The molecule has 0 saturated heterocycles. The van der Waals surface area contributed by atoms with Gasteiger partial charge in [0.2, 0.25) is 0 Å². The summed E-state index contributed by atoms with van der Waals surface area (Å²) in [6.07, 6.45) is 1.53. The Morgan fingerprint density at radius 1 is 1.24 bits per heavy atom. The number of hydrogen-bond acceptors (Lipinski definition) is 3. The van der Waals surface area contributed by atoms with Crippen LogP contribution < -0.4 is 5.43 Å². The van der Waals surface area contributed by atoms with Crippen LogP contribution in [0.5, 0.6) is 0 Å². The molecule has 0 bridgehead atoms. The van der Waals surface area contributed by atoms with Crippen LogP contribution in [-0.4, -0.2) is 11.6 Å². The second-order valence-corrected chi connectivity index (χ2v) is 4.96. The second-order valence-electron chi connectivity index (χ2n) is 4.96. The summed E-state index contributed by atoms with van der Waals surface area (Å²) < 4.78 is 5.36. The number of amides is 1. The fourth-order valence-corrected chi connectivity index (χ4v) is 2.12. The molecule has 1 N–H and O–H groups in total. The Bertz CT molecular complexity index is 642. The van der Waals surface area contributed by atoms with Gasteiger partial charge in [-0.3, -0.25) is 4.79 Å². The Balaban J connectivity index is 2.04. The van der Waals surface area contributed by atoms with Gasteiger partial charge in [-0.15, -0.1) is 0 Å². The molecule has 1 heterocycles. The van der Waals surface area contributed by atoms with Crippen LogP contribution in [0.2, 0.25) is 0 Å². The monoisotopic (exact) mass is 284 g/mol. The predicted octanol–water partition coefficient (Wildman–Crippen LogP) is 3.63. The summed E-state index contributed by atoms with van der Waals surface area (Å²) in [4.78, 5) is 12.1. The lowest BCUT2D eigenvalue weighted by Crippen LogP contribution is -2.20. The number of benzene rings is 1. The van der Waals surface area contributed by atoms with Crippen LogP contribution in [0.4, 0.5) is 0 Å². The molecule has 21 heavy (non-hydrogen) atoms. The van der Waals surface area contributed by atoms with E-state index in [-0.39, 0.29) is 5.91 Å². The lowest BCUT2D eigenvalue weighted by Gasteiger charge is -2.05. The average Bonchev–Trinajstić information content (AvgIpc) is 2.83. The smallest absolute Gasteiger partial charge is 0.274 e.